The predicted octanol–water partition coefficient (Wildman–Crippen LogP) is 5.04. The van der Waals surface area contributed by atoms with Crippen LogP contribution in [0.5, 0.6) is 5.75 Å². The van der Waals surface area contributed by atoms with E-state index in [0.29, 0.717) is 6.42 Å². The quantitative estimate of drug-likeness (QED) is 0.717. The number of carbonyl (C=O) groups excluding carboxylic acids is 1. The average Bonchev–Trinajstić information content (AvgIpc) is 3.04. The molecule has 0 fully saturated rings. The first-order chi connectivity index (χ1) is 12.2. The molecule has 0 spiro atoms. The van der Waals surface area contributed by atoms with Crippen molar-refractivity contribution < 1.29 is 13.9 Å². The standard InChI is InChI=1S/C20H16FNO2S/c1-24-17-8-3-2-7-14(17)15-10-18(23)22-19-16(11-25-20(15)19)12-5-4-6-13(21)9-12/h2-9,11,15H,10H2,1H3,(H,22,23)/t15-/m1/s1. The van der Waals surface area contributed by atoms with E-state index in [9.17, 15) is 9.18 Å². The lowest BCUT2D eigenvalue weighted by atomic mass is 9.88. The van der Waals surface area contributed by atoms with Crippen molar-refractivity contribution in [3.05, 3.63) is 70.2 Å². The van der Waals surface area contributed by atoms with E-state index in [0.717, 1.165) is 33.0 Å². The van der Waals surface area contributed by atoms with E-state index in [1.54, 1.807) is 24.5 Å². The van der Waals surface area contributed by atoms with Crippen LogP contribution in [0.2, 0.25) is 0 Å². The van der Waals surface area contributed by atoms with Gasteiger partial charge in [-0.1, -0.05) is 30.3 Å². The molecule has 0 bridgehead atoms. The topological polar surface area (TPSA) is 38.3 Å². The van der Waals surface area contributed by atoms with Gasteiger partial charge in [-0.25, -0.2) is 4.39 Å². The maximum atomic E-state index is 13.6. The molecule has 0 unspecified atom stereocenters. The van der Waals surface area contributed by atoms with Crippen molar-refractivity contribution in [2.75, 3.05) is 12.4 Å². The molecule has 1 atom stereocenters. The molecule has 4 rings (SSSR count). The smallest absolute Gasteiger partial charge is 0.225 e. The van der Waals surface area contributed by atoms with Crippen LogP contribution in [0.15, 0.2) is 53.9 Å². The van der Waals surface area contributed by atoms with Crippen molar-refractivity contribution in [3.63, 3.8) is 0 Å². The van der Waals surface area contributed by atoms with Crippen LogP contribution in [0.4, 0.5) is 10.1 Å². The Morgan fingerprint density at radius 2 is 2.04 bits per heavy atom. The number of thiophene rings is 1. The molecule has 0 radical (unpaired) electrons. The maximum absolute atomic E-state index is 13.6. The second kappa shape index (κ2) is 6.33. The van der Waals surface area contributed by atoms with Gasteiger partial charge in [0.2, 0.25) is 5.91 Å². The van der Waals surface area contributed by atoms with E-state index in [-0.39, 0.29) is 17.6 Å². The predicted molar refractivity (Wildman–Crippen MR) is 97.8 cm³/mol. The Kier molecular flexibility index (Phi) is 4.01. The van der Waals surface area contributed by atoms with E-state index in [1.807, 2.05) is 35.7 Å². The monoisotopic (exact) mass is 353 g/mol. The molecule has 1 aromatic heterocycles. The Morgan fingerprint density at radius 1 is 1.20 bits per heavy atom. The highest BCUT2D eigenvalue weighted by atomic mass is 32.1. The van der Waals surface area contributed by atoms with Gasteiger partial charge in [-0.2, -0.15) is 0 Å². The van der Waals surface area contributed by atoms with Crippen LogP contribution in [0.1, 0.15) is 22.8 Å². The van der Waals surface area contributed by atoms with Gasteiger partial charge in [-0.15, -0.1) is 11.3 Å². The number of nitrogens with one attached hydrogen (secondary N) is 1. The van der Waals surface area contributed by atoms with Crippen LogP contribution in [0, 0.1) is 5.82 Å². The fourth-order valence-corrected chi connectivity index (χ4v) is 4.45. The van der Waals surface area contributed by atoms with Gasteiger partial charge in [-0.05, 0) is 23.8 Å². The van der Waals surface area contributed by atoms with Crippen molar-refractivity contribution in [1.29, 1.82) is 0 Å². The number of halogens is 1. The minimum Gasteiger partial charge on any atom is -0.496 e. The van der Waals surface area contributed by atoms with E-state index in [4.69, 9.17) is 4.74 Å². The van der Waals surface area contributed by atoms with Gasteiger partial charge in [0.15, 0.2) is 0 Å². The number of para-hydroxylation sites is 1. The zero-order valence-corrected chi connectivity index (χ0v) is 14.4. The Morgan fingerprint density at radius 3 is 2.84 bits per heavy atom. The van der Waals surface area contributed by atoms with Gasteiger partial charge in [0.25, 0.3) is 0 Å². The fourth-order valence-electron chi connectivity index (χ4n) is 3.30. The zero-order chi connectivity index (χ0) is 17.4. The largest absolute Gasteiger partial charge is 0.496 e. The maximum Gasteiger partial charge on any atom is 0.225 e. The SMILES string of the molecule is COc1ccccc1[C@H]1CC(=O)Nc2c(-c3cccc(F)c3)csc21. The Balaban J connectivity index is 1.84. The molecule has 1 N–H and O–H groups in total. The number of hydrogen-bond acceptors (Lipinski definition) is 3. The first kappa shape index (κ1) is 15.8. The Hall–Kier alpha value is -2.66. The molecular weight excluding hydrogens is 337 g/mol. The third-order valence-electron chi connectivity index (χ3n) is 4.44. The first-order valence-electron chi connectivity index (χ1n) is 7.97. The van der Waals surface area contributed by atoms with Crippen molar-refractivity contribution in [3.8, 4) is 16.9 Å². The highest BCUT2D eigenvalue weighted by Crippen LogP contribution is 2.48. The molecule has 25 heavy (non-hydrogen) atoms. The molecule has 126 valence electrons. The molecule has 0 saturated heterocycles. The van der Waals surface area contributed by atoms with Crippen molar-refractivity contribution in [1.82, 2.24) is 0 Å². The van der Waals surface area contributed by atoms with Crippen LogP contribution in [0.25, 0.3) is 11.1 Å². The molecule has 0 saturated carbocycles. The van der Waals surface area contributed by atoms with Crippen LogP contribution >= 0.6 is 11.3 Å². The molecule has 1 aliphatic heterocycles. The van der Waals surface area contributed by atoms with Gasteiger partial charge in [0.1, 0.15) is 11.6 Å². The minimum absolute atomic E-state index is 0.0422. The second-order valence-corrected chi connectivity index (χ2v) is 6.86. The van der Waals surface area contributed by atoms with E-state index < -0.39 is 0 Å². The number of methoxy groups -OCH3 is 1. The van der Waals surface area contributed by atoms with Gasteiger partial charge in [0, 0.05) is 33.7 Å². The molecular formula is C20H16FNO2S. The molecule has 2 heterocycles. The van der Waals surface area contributed by atoms with Crippen LogP contribution in [0.3, 0.4) is 0 Å². The third kappa shape index (κ3) is 2.81. The summed E-state index contributed by atoms with van der Waals surface area (Å²) in [6.07, 6.45) is 0.372. The summed E-state index contributed by atoms with van der Waals surface area (Å²) in [7, 11) is 1.63. The molecule has 3 nitrogen and oxygen atoms in total. The Labute approximate surface area is 149 Å². The summed E-state index contributed by atoms with van der Waals surface area (Å²) in [5, 5.41) is 4.95. The molecule has 1 aliphatic rings. The van der Waals surface area contributed by atoms with Crippen molar-refractivity contribution in [2.45, 2.75) is 12.3 Å². The number of amides is 1. The van der Waals surface area contributed by atoms with Gasteiger partial charge in [-0.3, -0.25) is 4.79 Å². The first-order valence-corrected chi connectivity index (χ1v) is 8.85. The number of hydrogen-bond donors (Lipinski definition) is 1. The number of fused-ring (bicyclic) bond motifs is 1. The number of anilines is 1. The summed E-state index contributed by atoms with van der Waals surface area (Å²) in [5.74, 6) is 0.376. The van der Waals surface area contributed by atoms with E-state index in [1.165, 1.54) is 12.1 Å². The second-order valence-electron chi connectivity index (χ2n) is 5.95. The van der Waals surface area contributed by atoms with Gasteiger partial charge < -0.3 is 10.1 Å². The number of ether oxygens (including phenoxy) is 1. The van der Waals surface area contributed by atoms with Gasteiger partial charge in [0.05, 0.1) is 12.8 Å². The summed E-state index contributed by atoms with van der Waals surface area (Å²) in [5.41, 5.74) is 3.39. The lowest BCUT2D eigenvalue weighted by molar-refractivity contribution is -0.116. The van der Waals surface area contributed by atoms with Crippen LogP contribution in [-0.4, -0.2) is 13.0 Å². The number of rotatable bonds is 3. The summed E-state index contributed by atoms with van der Waals surface area (Å²) in [4.78, 5) is 13.4. The average molecular weight is 353 g/mol. The molecule has 5 heteroatoms. The van der Waals surface area contributed by atoms with Crippen molar-refractivity contribution in [2.24, 2.45) is 0 Å². The minimum atomic E-state index is -0.291. The lowest BCUT2D eigenvalue weighted by Gasteiger charge is -2.25. The molecule has 1 amide bonds. The van der Waals surface area contributed by atoms with E-state index >= 15 is 0 Å². The molecule has 2 aromatic carbocycles. The number of benzene rings is 2. The molecule has 3 aromatic rings. The highest BCUT2D eigenvalue weighted by Gasteiger charge is 2.31. The number of carbonyl (C=O) groups is 1. The normalized spacial score (nSPS) is 16.2. The summed E-state index contributed by atoms with van der Waals surface area (Å²) in [6.45, 7) is 0. The fraction of sp³-hybridized carbons (Fsp3) is 0.150. The zero-order valence-electron chi connectivity index (χ0n) is 13.6. The third-order valence-corrected chi connectivity index (χ3v) is 5.54. The molecule has 0 aliphatic carbocycles. The van der Waals surface area contributed by atoms with Crippen LogP contribution in [-0.2, 0) is 4.79 Å². The van der Waals surface area contributed by atoms with E-state index in [2.05, 4.69) is 5.32 Å². The highest BCUT2D eigenvalue weighted by molar-refractivity contribution is 7.11. The van der Waals surface area contributed by atoms with Gasteiger partial charge >= 0.3 is 0 Å². The summed E-state index contributed by atoms with van der Waals surface area (Å²) >= 11 is 1.58. The summed E-state index contributed by atoms with van der Waals surface area (Å²) < 4.78 is 19.1. The van der Waals surface area contributed by atoms with Crippen molar-refractivity contribution >= 4 is 22.9 Å². The Bertz CT molecular complexity index is 950. The van der Waals surface area contributed by atoms with Crippen LogP contribution < -0.4 is 10.1 Å². The summed E-state index contributed by atoms with van der Waals surface area (Å²) in [6, 6.07) is 14.2. The lowest BCUT2D eigenvalue weighted by Crippen LogP contribution is -2.22.